The van der Waals surface area contributed by atoms with Crippen LogP contribution in [-0.4, -0.2) is 18.6 Å². The van der Waals surface area contributed by atoms with Gasteiger partial charge in [0, 0.05) is 11.6 Å². The van der Waals surface area contributed by atoms with Gasteiger partial charge in [0.2, 0.25) is 6.10 Å². The summed E-state index contributed by atoms with van der Waals surface area (Å²) >= 11 is 0. The first-order chi connectivity index (χ1) is 11.3. The quantitative estimate of drug-likeness (QED) is 0.851. The predicted molar refractivity (Wildman–Crippen MR) is 88.6 cm³/mol. The zero-order valence-electron chi connectivity index (χ0n) is 13.2. The fourth-order valence-corrected chi connectivity index (χ4v) is 2.35. The van der Waals surface area contributed by atoms with Gasteiger partial charge < -0.3 is 14.8 Å². The Bertz CT molecular complexity index is 653. The highest BCUT2D eigenvalue weighted by atomic mass is 16.5. The number of ether oxygens (including phenoxy) is 2. The number of para-hydroxylation sites is 2. The van der Waals surface area contributed by atoms with Gasteiger partial charge in [0.05, 0.1) is 6.61 Å². The lowest BCUT2D eigenvalue weighted by Gasteiger charge is -2.20. The Morgan fingerprint density at radius 3 is 2.39 bits per heavy atom. The number of amides is 1. The first kappa shape index (κ1) is 15.4. The summed E-state index contributed by atoms with van der Waals surface area (Å²) in [6.07, 6.45) is 1.41. The molecule has 4 nitrogen and oxygen atoms in total. The van der Waals surface area contributed by atoms with Gasteiger partial charge in [-0.05, 0) is 31.9 Å². The Morgan fingerprint density at radius 2 is 1.74 bits per heavy atom. The number of hydrogen-bond acceptors (Lipinski definition) is 3. The van der Waals surface area contributed by atoms with Gasteiger partial charge >= 0.3 is 0 Å². The van der Waals surface area contributed by atoms with Crippen molar-refractivity contribution in [2.75, 3.05) is 6.61 Å². The highest BCUT2D eigenvalue weighted by Crippen LogP contribution is 2.32. The van der Waals surface area contributed by atoms with E-state index in [1.807, 2.05) is 61.5 Å². The van der Waals surface area contributed by atoms with Gasteiger partial charge in [-0.1, -0.05) is 42.5 Å². The van der Waals surface area contributed by atoms with E-state index in [4.69, 9.17) is 9.47 Å². The smallest absolute Gasteiger partial charge is 0.266 e. The third-order valence-electron chi connectivity index (χ3n) is 3.66. The van der Waals surface area contributed by atoms with Crippen LogP contribution < -0.4 is 14.8 Å². The predicted octanol–water partition coefficient (Wildman–Crippen LogP) is 3.48. The maximum Gasteiger partial charge on any atom is 0.266 e. The largest absolute Gasteiger partial charge is 0.490 e. The zero-order valence-corrected chi connectivity index (χ0v) is 13.2. The van der Waals surface area contributed by atoms with E-state index in [9.17, 15) is 4.79 Å². The Hall–Kier alpha value is -2.49. The van der Waals surface area contributed by atoms with Gasteiger partial charge in [-0.2, -0.15) is 0 Å². The fourth-order valence-electron chi connectivity index (χ4n) is 2.35. The maximum absolute atomic E-state index is 12.6. The second kappa shape index (κ2) is 7.18. The van der Waals surface area contributed by atoms with E-state index in [-0.39, 0.29) is 5.91 Å². The lowest BCUT2D eigenvalue weighted by atomic mass is 10.1. The molecule has 0 unspecified atom stereocenters. The van der Waals surface area contributed by atoms with Crippen molar-refractivity contribution >= 4 is 5.91 Å². The van der Waals surface area contributed by atoms with Crippen molar-refractivity contribution < 1.29 is 14.3 Å². The minimum Gasteiger partial charge on any atom is -0.490 e. The molecule has 0 spiro atoms. The lowest BCUT2D eigenvalue weighted by molar-refractivity contribution is -0.128. The molecule has 0 saturated heterocycles. The van der Waals surface area contributed by atoms with Gasteiger partial charge in [0.15, 0.2) is 11.5 Å². The van der Waals surface area contributed by atoms with Crippen LogP contribution in [0.25, 0.3) is 0 Å². The van der Waals surface area contributed by atoms with Crippen molar-refractivity contribution in [2.24, 2.45) is 0 Å². The number of rotatable bonds is 7. The molecule has 1 N–H and O–H groups in total. The summed E-state index contributed by atoms with van der Waals surface area (Å²) in [5, 5.41) is 3.02. The van der Waals surface area contributed by atoms with Crippen LogP contribution in [0.1, 0.15) is 31.4 Å². The molecule has 0 heterocycles. The highest BCUT2D eigenvalue weighted by Gasteiger charge is 2.30. The average molecular weight is 311 g/mol. The summed E-state index contributed by atoms with van der Waals surface area (Å²) in [4.78, 5) is 12.6. The third kappa shape index (κ3) is 4.03. The lowest BCUT2D eigenvalue weighted by Crippen LogP contribution is -2.33. The molecule has 1 saturated carbocycles. The molecule has 3 rings (SSSR count). The van der Waals surface area contributed by atoms with E-state index in [1.54, 1.807) is 0 Å². The van der Waals surface area contributed by atoms with Crippen LogP contribution in [0.4, 0.5) is 0 Å². The van der Waals surface area contributed by atoms with E-state index in [2.05, 4.69) is 5.32 Å². The Kier molecular flexibility index (Phi) is 4.81. The highest BCUT2D eigenvalue weighted by molar-refractivity contribution is 5.83. The minimum atomic E-state index is -0.682. The molecule has 120 valence electrons. The molecule has 4 heteroatoms. The molecule has 2 aromatic carbocycles. The Morgan fingerprint density at radius 1 is 1.09 bits per heavy atom. The molecule has 0 aliphatic heterocycles. The van der Waals surface area contributed by atoms with Gasteiger partial charge in [0.25, 0.3) is 5.91 Å². The zero-order chi connectivity index (χ0) is 16.1. The summed E-state index contributed by atoms with van der Waals surface area (Å²) in [6, 6.07) is 17.3. The van der Waals surface area contributed by atoms with Crippen molar-refractivity contribution in [2.45, 2.75) is 31.9 Å². The normalized spacial score (nSPS) is 14.8. The van der Waals surface area contributed by atoms with Crippen LogP contribution in [0, 0.1) is 0 Å². The van der Waals surface area contributed by atoms with Crippen molar-refractivity contribution in [3.63, 3.8) is 0 Å². The van der Waals surface area contributed by atoms with E-state index in [0.29, 0.717) is 24.1 Å². The van der Waals surface area contributed by atoms with Crippen LogP contribution in [-0.2, 0) is 4.79 Å². The van der Waals surface area contributed by atoms with Crippen molar-refractivity contribution in [1.82, 2.24) is 5.32 Å². The van der Waals surface area contributed by atoms with Gasteiger partial charge in [0.1, 0.15) is 0 Å². The summed E-state index contributed by atoms with van der Waals surface area (Å²) < 4.78 is 11.6. The number of carbonyl (C=O) groups is 1. The van der Waals surface area contributed by atoms with Crippen molar-refractivity contribution in [3.8, 4) is 11.5 Å². The Balaban J connectivity index is 1.85. The molecular formula is C19H21NO3. The van der Waals surface area contributed by atoms with Crippen molar-refractivity contribution in [3.05, 3.63) is 60.2 Å². The first-order valence-corrected chi connectivity index (χ1v) is 8.01. The molecule has 1 aliphatic carbocycles. The third-order valence-corrected chi connectivity index (χ3v) is 3.66. The Labute approximate surface area is 136 Å². The van der Waals surface area contributed by atoms with Crippen LogP contribution in [0.5, 0.6) is 11.5 Å². The number of hydrogen-bond donors (Lipinski definition) is 1. The molecule has 0 aromatic heterocycles. The number of benzene rings is 2. The summed E-state index contributed by atoms with van der Waals surface area (Å²) in [5.74, 6) is 1.12. The summed E-state index contributed by atoms with van der Waals surface area (Å²) in [7, 11) is 0. The van der Waals surface area contributed by atoms with Gasteiger partial charge in [-0.15, -0.1) is 0 Å². The molecule has 1 fully saturated rings. The molecule has 1 amide bonds. The molecule has 1 atom stereocenters. The van der Waals surface area contributed by atoms with Crippen LogP contribution in [0.15, 0.2) is 54.6 Å². The molecule has 0 bridgehead atoms. The summed E-state index contributed by atoms with van der Waals surface area (Å²) in [5.41, 5.74) is 0.831. The second-order valence-electron chi connectivity index (χ2n) is 5.57. The van der Waals surface area contributed by atoms with E-state index in [1.165, 1.54) is 0 Å². The number of nitrogens with one attached hydrogen (secondary N) is 1. The molecule has 1 aliphatic rings. The van der Waals surface area contributed by atoms with E-state index in [0.717, 1.165) is 18.4 Å². The molecule has 23 heavy (non-hydrogen) atoms. The van der Waals surface area contributed by atoms with Crippen molar-refractivity contribution in [1.29, 1.82) is 0 Å². The summed E-state index contributed by atoms with van der Waals surface area (Å²) in [6.45, 7) is 2.47. The number of carbonyl (C=O) groups excluding carboxylic acids is 1. The second-order valence-corrected chi connectivity index (χ2v) is 5.57. The maximum atomic E-state index is 12.6. The van der Waals surface area contributed by atoms with Crippen LogP contribution in [0.2, 0.25) is 0 Å². The SMILES string of the molecule is CCOc1ccccc1O[C@H](C(=O)NC1CC1)c1ccccc1. The van der Waals surface area contributed by atoms with Crippen LogP contribution in [0.3, 0.4) is 0 Å². The topological polar surface area (TPSA) is 47.6 Å². The van der Waals surface area contributed by atoms with Gasteiger partial charge in [-0.25, -0.2) is 0 Å². The van der Waals surface area contributed by atoms with Gasteiger partial charge in [-0.3, -0.25) is 4.79 Å². The van der Waals surface area contributed by atoms with E-state index >= 15 is 0 Å². The average Bonchev–Trinajstić information content (AvgIpc) is 3.39. The fraction of sp³-hybridized carbons (Fsp3) is 0.316. The molecular weight excluding hydrogens is 290 g/mol. The van der Waals surface area contributed by atoms with Crippen LogP contribution >= 0.6 is 0 Å². The molecule has 0 radical (unpaired) electrons. The molecule has 2 aromatic rings. The van der Waals surface area contributed by atoms with E-state index < -0.39 is 6.10 Å². The first-order valence-electron chi connectivity index (χ1n) is 8.01. The standard InChI is InChI=1S/C19H21NO3/c1-2-22-16-10-6-7-11-17(16)23-18(14-8-4-3-5-9-14)19(21)20-15-12-13-15/h3-11,15,18H,2,12-13H2,1H3,(H,20,21)/t18-/m0/s1. The monoisotopic (exact) mass is 311 g/mol. The minimum absolute atomic E-state index is 0.106.